The number of sulfone groups is 1. The van der Waals surface area contributed by atoms with Crippen LogP contribution in [-0.2, 0) is 30.6 Å². The highest BCUT2D eigenvalue weighted by molar-refractivity contribution is 7.92. The smallest absolute Gasteiger partial charge is 0.352 e. The van der Waals surface area contributed by atoms with E-state index in [0.717, 1.165) is 4.90 Å². The molecule has 1 saturated heterocycles. The summed E-state index contributed by atoms with van der Waals surface area (Å²) in [5, 5.41) is 17.8. The van der Waals surface area contributed by atoms with E-state index in [2.05, 4.69) is 15.4 Å². The van der Waals surface area contributed by atoms with Gasteiger partial charge >= 0.3 is 5.97 Å². The SMILES string of the molecule is CO[C@H]1C(=O)N2C(C(=O)O)=C(Cc3cn[nH]n3)CS(=O)(=O)[C@@H]12. The van der Waals surface area contributed by atoms with Gasteiger partial charge in [0.05, 0.1) is 17.6 Å². The third-order valence-electron chi connectivity index (χ3n) is 3.63. The second-order valence-electron chi connectivity index (χ2n) is 4.96. The molecule has 11 heteroatoms. The third kappa shape index (κ3) is 2.01. The maximum Gasteiger partial charge on any atom is 0.352 e. The minimum absolute atomic E-state index is 0.0223. The highest BCUT2D eigenvalue weighted by Gasteiger charge is 2.60. The van der Waals surface area contributed by atoms with Gasteiger partial charge in [-0.05, 0) is 5.57 Å². The van der Waals surface area contributed by atoms with Gasteiger partial charge in [-0.2, -0.15) is 15.4 Å². The Morgan fingerprint density at radius 1 is 1.59 bits per heavy atom. The molecule has 3 heterocycles. The first kappa shape index (κ1) is 14.7. The van der Waals surface area contributed by atoms with E-state index >= 15 is 0 Å². The Balaban J connectivity index is 2.08. The van der Waals surface area contributed by atoms with Gasteiger partial charge in [-0.25, -0.2) is 13.2 Å². The normalized spacial score (nSPS) is 26.6. The summed E-state index contributed by atoms with van der Waals surface area (Å²) in [6.45, 7) is 0. The molecule has 1 aromatic heterocycles. The van der Waals surface area contributed by atoms with E-state index in [1.165, 1.54) is 13.3 Å². The first-order chi connectivity index (χ1) is 10.4. The highest BCUT2D eigenvalue weighted by atomic mass is 32.2. The maximum absolute atomic E-state index is 12.3. The van der Waals surface area contributed by atoms with Crippen LogP contribution in [0.1, 0.15) is 5.69 Å². The van der Waals surface area contributed by atoms with Crippen LogP contribution >= 0.6 is 0 Å². The van der Waals surface area contributed by atoms with Gasteiger partial charge in [0, 0.05) is 13.5 Å². The van der Waals surface area contributed by atoms with Gasteiger partial charge in [0.15, 0.2) is 21.3 Å². The van der Waals surface area contributed by atoms with Crippen molar-refractivity contribution in [3.8, 4) is 0 Å². The number of carboxylic acids is 1. The van der Waals surface area contributed by atoms with Gasteiger partial charge in [0.25, 0.3) is 5.91 Å². The molecule has 1 aromatic rings. The lowest BCUT2D eigenvalue weighted by Gasteiger charge is -2.48. The number of carbonyl (C=O) groups excluding carboxylic acids is 1. The number of β-lactam (4-membered cyclic amide) rings is 1. The number of hydrogen-bond acceptors (Lipinski definition) is 7. The van der Waals surface area contributed by atoms with Crippen LogP contribution in [0.4, 0.5) is 0 Å². The minimum atomic E-state index is -3.74. The van der Waals surface area contributed by atoms with Crippen molar-refractivity contribution < 1.29 is 27.9 Å². The monoisotopic (exact) mass is 328 g/mol. The summed E-state index contributed by atoms with van der Waals surface area (Å²) < 4.78 is 29.5. The second kappa shape index (κ2) is 4.88. The highest BCUT2D eigenvalue weighted by Crippen LogP contribution is 2.38. The second-order valence-corrected chi connectivity index (χ2v) is 7.06. The van der Waals surface area contributed by atoms with Crippen molar-refractivity contribution in [1.82, 2.24) is 20.3 Å². The fourth-order valence-corrected chi connectivity index (χ4v) is 4.76. The maximum atomic E-state index is 12.3. The number of rotatable bonds is 4. The number of H-pyrrole nitrogens is 1. The number of hydrogen-bond donors (Lipinski definition) is 2. The lowest BCUT2D eigenvalue weighted by atomic mass is 10.0. The number of nitrogens with one attached hydrogen (secondary N) is 1. The van der Waals surface area contributed by atoms with Crippen molar-refractivity contribution in [2.75, 3.05) is 12.9 Å². The summed E-state index contributed by atoms with van der Waals surface area (Å²) in [5.41, 5.74) is 0.167. The topological polar surface area (TPSA) is 143 Å². The molecule has 10 nitrogen and oxygen atoms in total. The van der Waals surface area contributed by atoms with Crippen molar-refractivity contribution in [1.29, 1.82) is 0 Å². The Labute approximate surface area is 124 Å². The van der Waals surface area contributed by atoms with E-state index in [-0.39, 0.29) is 17.7 Å². The molecule has 2 N–H and O–H groups in total. The number of carbonyl (C=O) groups is 2. The van der Waals surface area contributed by atoms with E-state index < -0.39 is 38.9 Å². The molecule has 0 saturated carbocycles. The number of fused-ring (bicyclic) bond motifs is 1. The minimum Gasteiger partial charge on any atom is -0.477 e. The Bertz CT molecular complexity index is 769. The zero-order chi connectivity index (χ0) is 16.1. The average molecular weight is 328 g/mol. The third-order valence-corrected chi connectivity index (χ3v) is 5.57. The predicted molar refractivity (Wildman–Crippen MR) is 70.0 cm³/mol. The molecule has 0 aromatic carbocycles. The molecule has 0 aliphatic carbocycles. The number of carboxylic acid groups (broad SMARTS) is 1. The van der Waals surface area contributed by atoms with Gasteiger partial charge in [-0.3, -0.25) is 9.69 Å². The molecule has 3 rings (SSSR count). The predicted octanol–water partition coefficient (Wildman–Crippen LogP) is -1.70. The van der Waals surface area contributed by atoms with Crippen LogP contribution in [0.3, 0.4) is 0 Å². The summed E-state index contributed by atoms with van der Waals surface area (Å²) in [6, 6.07) is 0. The Kier molecular flexibility index (Phi) is 3.25. The quantitative estimate of drug-likeness (QED) is 0.623. The zero-order valence-electron chi connectivity index (χ0n) is 11.4. The number of aromatic amines is 1. The lowest BCUT2D eigenvalue weighted by molar-refractivity contribution is -0.162. The number of aliphatic carboxylic acids is 1. The Morgan fingerprint density at radius 3 is 2.86 bits per heavy atom. The first-order valence-electron chi connectivity index (χ1n) is 6.24. The molecule has 1 amide bonds. The summed E-state index contributed by atoms with van der Waals surface area (Å²) in [6.07, 6.45) is 0.181. The fourth-order valence-electron chi connectivity index (χ4n) is 2.73. The number of nitrogens with zero attached hydrogens (tertiary/aromatic N) is 3. The van der Waals surface area contributed by atoms with Crippen LogP contribution < -0.4 is 0 Å². The van der Waals surface area contributed by atoms with Crippen molar-refractivity contribution in [2.45, 2.75) is 17.9 Å². The van der Waals surface area contributed by atoms with E-state index in [0.29, 0.717) is 5.69 Å². The van der Waals surface area contributed by atoms with Crippen LogP contribution in [0.25, 0.3) is 0 Å². The molecule has 118 valence electrons. The van der Waals surface area contributed by atoms with Crippen LogP contribution in [0.2, 0.25) is 0 Å². The van der Waals surface area contributed by atoms with Crippen molar-refractivity contribution >= 4 is 21.7 Å². The molecule has 22 heavy (non-hydrogen) atoms. The number of amides is 1. The fraction of sp³-hybridized carbons (Fsp3) is 0.455. The average Bonchev–Trinajstić information content (AvgIpc) is 2.92. The number of aromatic nitrogens is 3. The number of methoxy groups -OCH3 is 1. The largest absolute Gasteiger partial charge is 0.477 e. The van der Waals surface area contributed by atoms with Crippen LogP contribution in [0.5, 0.6) is 0 Å². The van der Waals surface area contributed by atoms with Gasteiger partial charge in [0.1, 0.15) is 5.70 Å². The van der Waals surface area contributed by atoms with Crippen LogP contribution in [0.15, 0.2) is 17.5 Å². The molecule has 0 bridgehead atoms. The molecule has 2 aliphatic heterocycles. The van der Waals surface area contributed by atoms with Crippen molar-refractivity contribution in [2.24, 2.45) is 0 Å². The van der Waals surface area contributed by atoms with E-state index in [9.17, 15) is 23.1 Å². The van der Waals surface area contributed by atoms with Crippen molar-refractivity contribution in [3.05, 3.63) is 23.2 Å². The summed E-state index contributed by atoms with van der Waals surface area (Å²) in [7, 11) is -2.52. The molecule has 2 atom stereocenters. The van der Waals surface area contributed by atoms with Crippen LogP contribution in [-0.4, -0.2) is 70.1 Å². The lowest BCUT2D eigenvalue weighted by Crippen LogP contribution is -2.70. The standard InChI is InChI=1S/C11H12N4O6S/c1-21-8-9(16)15-7(11(17)18)5(2-6-3-12-14-13-6)4-22(19,20)10(8)15/h3,8,10H,2,4H2,1H3,(H,17,18)(H,12,13,14)/t8-,10-/m0/s1. The first-order valence-corrected chi connectivity index (χ1v) is 7.95. The number of ether oxygens (including phenoxy) is 1. The van der Waals surface area contributed by atoms with E-state index in [4.69, 9.17) is 4.74 Å². The molecule has 1 fully saturated rings. The van der Waals surface area contributed by atoms with Gasteiger partial charge in [-0.1, -0.05) is 0 Å². The van der Waals surface area contributed by atoms with E-state index in [1.807, 2.05) is 0 Å². The van der Waals surface area contributed by atoms with Gasteiger partial charge in [0.2, 0.25) is 0 Å². The van der Waals surface area contributed by atoms with Gasteiger partial charge in [-0.15, -0.1) is 0 Å². The van der Waals surface area contributed by atoms with E-state index in [1.54, 1.807) is 0 Å². The summed E-state index contributed by atoms with van der Waals surface area (Å²) >= 11 is 0. The molecule has 0 spiro atoms. The molecule has 0 unspecified atom stereocenters. The molecular weight excluding hydrogens is 316 g/mol. The zero-order valence-corrected chi connectivity index (χ0v) is 12.2. The molecular formula is C11H12N4O6S. The summed E-state index contributed by atoms with van der Waals surface area (Å²) in [4.78, 5) is 24.3. The molecule has 0 radical (unpaired) electrons. The Hall–Kier alpha value is -2.27. The summed E-state index contributed by atoms with van der Waals surface area (Å²) in [5.74, 6) is -2.50. The Morgan fingerprint density at radius 2 is 2.32 bits per heavy atom. The molecule has 2 aliphatic rings. The van der Waals surface area contributed by atoms with Crippen LogP contribution in [0, 0.1) is 0 Å². The van der Waals surface area contributed by atoms with Crippen molar-refractivity contribution in [3.63, 3.8) is 0 Å². The van der Waals surface area contributed by atoms with Gasteiger partial charge < -0.3 is 9.84 Å².